The second kappa shape index (κ2) is 16.8. The summed E-state index contributed by atoms with van der Waals surface area (Å²) in [5, 5.41) is 0. The SMILES string of the molecule is CC(C)(C)c1ccc(C2(c3ccc(C(C)(C)C)cc3)c3ccccc3-c3ccc(N(c4cccc(-c5ccccc5)c4)c4ccc5c(c4)C4(c6ccccc6-5)c5ccccc5-c5ccc(C(C)(C)C)cc54)cc32)cc1. The van der Waals surface area contributed by atoms with Crippen molar-refractivity contribution in [2.24, 2.45) is 0 Å². The molecule has 0 amide bonds. The summed E-state index contributed by atoms with van der Waals surface area (Å²) in [5.74, 6) is 0. The van der Waals surface area contributed by atoms with Gasteiger partial charge in [0.05, 0.1) is 10.8 Å². The molecule has 0 heterocycles. The van der Waals surface area contributed by atoms with E-state index in [1.54, 1.807) is 0 Å². The molecule has 3 aliphatic carbocycles. The zero-order valence-electron chi connectivity index (χ0n) is 44.9. The number of anilines is 3. The van der Waals surface area contributed by atoms with E-state index in [1.807, 2.05) is 0 Å². The molecule has 1 heteroatoms. The molecule has 0 radical (unpaired) electrons. The molecule has 0 fully saturated rings. The van der Waals surface area contributed by atoms with E-state index in [9.17, 15) is 0 Å². The lowest BCUT2D eigenvalue weighted by Crippen LogP contribution is -2.29. The molecule has 10 aromatic carbocycles. The van der Waals surface area contributed by atoms with Crippen molar-refractivity contribution in [1.29, 1.82) is 0 Å². The maximum Gasteiger partial charge on any atom is 0.0726 e. The fraction of sp³-hybridized carbons (Fsp3) is 0.189. The van der Waals surface area contributed by atoms with Crippen LogP contribution in [0.5, 0.6) is 0 Å². The van der Waals surface area contributed by atoms with E-state index >= 15 is 0 Å². The Kier molecular flexibility index (Phi) is 10.4. The zero-order valence-corrected chi connectivity index (χ0v) is 44.9. The first-order chi connectivity index (χ1) is 36.1. The Balaban J connectivity index is 1.09. The van der Waals surface area contributed by atoms with Crippen molar-refractivity contribution in [1.82, 2.24) is 0 Å². The van der Waals surface area contributed by atoms with Crippen LogP contribution >= 0.6 is 0 Å². The van der Waals surface area contributed by atoms with Crippen LogP contribution in [0, 0.1) is 0 Å². The Hall–Kier alpha value is -8.00. The van der Waals surface area contributed by atoms with Gasteiger partial charge in [0.25, 0.3) is 0 Å². The van der Waals surface area contributed by atoms with Gasteiger partial charge >= 0.3 is 0 Å². The van der Waals surface area contributed by atoms with E-state index in [-0.39, 0.29) is 16.2 Å². The largest absolute Gasteiger partial charge is 0.310 e. The first kappa shape index (κ1) is 46.8. The number of fused-ring (bicyclic) bond motifs is 13. The minimum atomic E-state index is -0.599. The molecule has 3 aliphatic rings. The van der Waals surface area contributed by atoms with E-state index < -0.39 is 10.8 Å². The highest BCUT2D eigenvalue weighted by Crippen LogP contribution is 2.64. The van der Waals surface area contributed by atoms with Crippen molar-refractivity contribution in [2.45, 2.75) is 89.4 Å². The molecule has 1 unspecified atom stereocenters. The lowest BCUT2D eigenvalue weighted by molar-refractivity contribution is 0.588. The van der Waals surface area contributed by atoms with Crippen molar-refractivity contribution < 1.29 is 0 Å². The molecule has 1 spiro atoms. The third kappa shape index (κ3) is 7.04. The first-order valence-corrected chi connectivity index (χ1v) is 27.0. The maximum absolute atomic E-state index is 2.55. The van der Waals surface area contributed by atoms with Gasteiger partial charge in [0.2, 0.25) is 0 Å². The number of rotatable bonds is 6. The summed E-state index contributed by atoms with van der Waals surface area (Å²) in [7, 11) is 0. The summed E-state index contributed by atoms with van der Waals surface area (Å²) < 4.78 is 0. The average molecular weight is 968 g/mol. The van der Waals surface area contributed by atoms with E-state index in [4.69, 9.17) is 0 Å². The molecule has 0 saturated heterocycles. The van der Waals surface area contributed by atoms with Gasteiger partial charge in [-0.15, -0.1) is 0 Å². The lowest BCUT2D eigenvalue weighted by atomic mass is 9.67. The van der Waals surface area contributed by atoms with Gasteiger partial charge in [-0.2, -0.15) is 0 Å². The van der Waals surface area contributed by atoms with Crippen LogP contribution < -0.4 is 4.90 Å². The number of hydrogen-bond acceptors (Lipinski definition) is 1. The van der Waals surface area contributed by atoms with Gasteiger partial charge in [-0.1, -0.05) is 256 Å². The summed E-state index contributed by atoms with van der Waals surface area (Å²) in [6.07, 6.45) is 0. The molecule has 10 aromatic rings. The van der Waals surface area contributed by atoms with E-state index in [1.165, 1.54) is 106 Å². The molecule has 0 aliphatic heterocycles. The van der Waals surface area contributed by atoms with Gasteiger partial charge in [0.15, 0.2) is 0 Å². The van der Waals surface area contributed by atoms with Crippen LogP contribution in [-0.2, 0) is 27.1 Å². The van der Waals surface area contributed by atoms with Crippen LogP contribution in [0.1, 0.15) is 124 Å². The van der Waals surface area contributed by atoms with Crippen molar-refractivity contribution in [3.05, 3.63) is 292 Å². The molecule has 0 saturated carbocycles. The van der Waals surface area contributed by atoms with Crippen LogP contribution in [0.15, 0.2) is 231 Å². The topological polar surface area (TPSA) is 3.24 Å². The molecule has 0 aromatic heterocycles. The summed E-state index contributed by atoms with van der Waals surface area (Å²) in [4.78, 5) is 2.54. The Morgan fingerprint density at radius 2 is 0.613 bits per heavy atom. The molecule has 75 heavy (non-hydrogen) atoms. The van der Waals surface area contributed by atoms with Crippen LogP contribution in [0.2, 0.25) is 0 Å². The highest BCUT2D eigenvalue weighted by atomic mass is 15.1. The minimum Gasteiger partial charge on any atom is -0.310 e. The molecule has 366 valence electrons. The summed E-state index contributed by atoms with van der Waals surface area (Å²) >= 11 is 0. The van der Waals surface area contributed by atoms with Crippen molar-refractivity contribution >= 4 is 17.1 Å². The molecule has 0 bridgehead atoms. The summed E-state index contributed by atoms with van der Waals surface area (Å²) in [6.45, 7) is 20.9. The predicted molar refractivity (Wildman–Crippen MR) is 316 cm³/mol. The van der Waals surface area contributed by atoms with Crippen LogP contribution in [-0.4, -0.2) is 0 Å². The Bertz CT molecular complexity index is 3800. The second-order valence-corrected chi connectivity index (χ2v) is 24.5. The Morgan fingerprint density at radius 1 is 0.253 bits per heavy atom. The molecule has 13 rings (SSSR count). The second-order valence-electron chi connectivity index (χ2n) is 24.5. The van der Waals surface area contributed by atoms with Gasteiger partial charge < -0.3 is 4.90 Å². The zero-order chi connectivity index (χ0) is 51.6. The van der Waals surface area contributed by atoms with Crippen LogP contribution in [0.3, 0.4) is 0 Å². The quantitative estimate of drug-likeness (QED) is 0.160. The normalized spacial score (nSPS) is 15.7. The Morgan fingerprint density at radius 3 is 1.09 bits per heavy atom. The standard InChI is InChI=1S/C74H65N/c1-70(2,3)50-30-34-52(35-31-50)73(53-36-32-51(33-37-53)71(4,5)6)64-27-16-13-24-58(64)62-42-39-56(46-68(62)73)75(55-23-19-22-49(44-55)48-20-11-10-12-21-48)57-40-43-63-60-26-15-18-29-66(60)74(69(63)47-57)65-28-17-14-25-59(65)61-41-38-54(45-67(61)74)72(7,8)9/h10-47H,1-9H3. The summed E-state index contributed by atoms with van der Waals surface area (Å²) in [5.41, 5.74) is 26.9. The molecular formula is C74H65N. The van der Waals surface area contributed by atoms with Crippen LogP contribution in [0.25, 0.3) is 44.5 Å². The Labute approximate surface area is 445 Å². The number of hydrogen-bond donors (Lipinski definition) is 0. The third-order valence-electron chi connectivity index (χ3n) is 17.1. The van der Waals surface area contributed by atoms with Crippen molar-refractivity contribution in [2.75, 3.05) is 4.90 Å². The highest BCUT2D eigenvalue weighted by Gasteiger charge is 2.52. The molecule has 1 atom stereocenters. The highest BCUT2D eigenvalue weighted by molar-refractivity contribution is 5.97. The van der Waals surface area contributed by atoms with E-state index in [2.05, 4.69) is 298 Å². The average Bonchev–Trinajstić information content (AvgIpc) is 4.10. The fourth-order valence-electron chi connectivity index (χ4n) is 13.3. The minimum absolute atomic E-state index is 0.0147. The smallest absolute Gasteiger partial charge is 0.0726 e. The predicted octanol–water partition coefficient (Wildman–Crippen LogP) is 19.4. The number of benzene rings is 10. The fourth-order valence-corrected chi connectivity index (χ4v) is 13.3. The van der Waals surface area contributed by atoms with Gasteiger partial charge in [0, 0.05) is 17.1 Å². The van der Waals surface area contributed by atoms with Gasteiger partial charge in [-0.3, -0.25) is 0 Å². The van der Waals surface area contributed by atoms with E-state index in [0.29, 0.717) is 0 Å². The van der Waals surface area contributed by atoms with Crippen molar-refractivity contribution in [3.8, 4) is 44.5 Å². The molecular weight excluding hydrogens is 903 g/mol. The molecule has 1 nitrogen and oxygen atoms in total. The maximum atomic E-state index is 2.55. The van der Waals surface area contributed by atoms with Gasteiger partial charge in [-0.05, 0) is 158 Å². The van der Waals surface area contributed by atoms with Crippen molar-refractivity contribution in [3.63, 3.8) is 0 Å². The number of nitrogens with zero attached hydrogens (tertiary/aromatic N) is 1. The molecule has 0 N–H and O–H groups in total. The van der Waals surface area contributed by atoms with Gasteiger partial charge in [0.1, 0.15) is 0 Å². The van der Waals surface area contributed by atoms with Crippen LogP contribution in [0.4, 0.5) is 17.1 Å². The van der Waals surface area contributed by atoms with E-state index in [0.717, 1.165) is 17.1 Å². The summed E-state index contributed by atoms with van der Waals surface area (Å²) in [6, 6.07) is 88.6. The lowest BCUT2D eigenvalue weighted by Gasteiger charge is -2.36. The van der Waals surface area contributed by atoms with Gasteiger partial charge in [-0.25, -0.2) is 0 Å². The first-order valence-electron chi connectivity index (χ1n) is 27.0. The third-order valence-corrected chi connectivity index (χ3v) is 17.1. The monoisotopic (exact) mass is 968 g/mol.